The third kappa shape index (κ3) is 5.39. The van der Waals surface area contributed by atoms with Crippen molar-refractivity contribution in [2.24, 2.45) is 0 Å². The Hall–Kier alpha value is 0.487. The van der Waals surface area contributed by atoms with Gasteiger partial charge >= 0.3 is 8.56 Å². The summed E-state index contributed by atoms with van der Waals surface area (Å²) in [5, 5.41) is 0. The monoisotopic (exact) mass is 236 g/mol. The summed E-state index contributed by atoms with van der Waals surface area (Å²) >= 11 is 4.22. The maximum absolute atomic E-state index is 5.86. The van der Waals surface area contributed by atoms with Gasteiger partial charge in [0, 0.05) is 13.2 Å². The van der Waals surface area contributed by atoms with Crippen molar-refractivity contribution >= 4 is 21.2 Å². The summed E-state index contributed by atoms with van der Waals surface area (Å²) in [6, 6.07) is 2.17. The Morgan fingerprint density at radius 3 is 1.93 bits per heavy atom. The molecule has 0 unspecified atom stereocenters. The van der Waals surface area contributed by atoms with Crippen LogP contribution in [-0.2, 0) is 8.85 Å². The van der Waals surface area contributed by atoms with E-state index in [-0.39, 0.29) is 0 Å². The minimum atomic E-state index is -1.84. The molecule has 0 spiro atoms. The third-order valence-electron chi connectivity index (χ3n) is 2.32. The molecule has 0 aromatic rings. The number of hydrogen-bond donors (Lipinski definition) is 1. The van der Waals surface area contributed by atoms with Crippen LogP contribution in [0.4, 0.5) is 0 Å². The fraction of sp³-hybridized carbons (Fsp3) is 1.00. The van der Waals surface area contributed by atoms with Crippen molar-refractivity contribution in [3.8, 4) is 0 Å². The normalized spacial score (nSPS) is 12.0. The van der Waals surface area contributed by atoms with Gasteiger partial charge in [-0.2, -0.15) is 12.6 Å². The Kier molecular flexibility index (Phi) is 9.07. The second kappa shape index (κ2) is 8.77. The van der Waals surface area contributed by atoms with Gasteiger partial charge in [-0.1, -0.05) is 13.3 Å². The number of unbranched alkanes of at least 4 members (excludes halogenated alkanes) is 1. The van der Waals surface area contributed by atoms with Crippen molar-refractivity contribution in [1.29, 1.82) is 0 Å². The fourth-order valence-electron chi connectivity index (χ4n) is 1.60. The second-order valence-electron chi connectivity index (χ2n) is 3.31. The first kappa shape index (κ1) is 14.5. The van der Waals surface area contributed by atoms with Crippen molar-refractivity contribution in [3.63, 3.8) is 0 Å². The van der Waals surface area contributed by atoms with E-state index < -0.39 is 8.56 Å². The molecule has 0 saturated heterocycles. The molecule has 0 radical (unpaired) electrons. The topological polar surface area (TPSA) is 18.5 Å². The van der Waals surface area contributed by atoms with Crippen molar-refractivity contribution in [2.75, 3.05) is 19.0 Å². The maximum atomic E-state index is 5.86. The van der Waals surface area contributed by atoms with Crippen LogP contribution in [0.5, 0.6) is 0 Å². The highest BCUT2D eigenvalue weighted by molar-refractivity contribution is 7.80. The molecule has 4 heteroatoms. The van der Waals surface area contributed by atoms with Crippen LogP contribution in [0.1, 0.15) is 33.6 Å². The van der Waals surface area contributed by atoms with Crippen LogP contribution in [0.25, 0.3) is 0 Å². The van der Waals surface area contributed by atoms with Crippen LogP contribution in [0.2, 0.25) is 12.1 Å². The number of hydrogen-bond acceptors (Lipinski definition) is 3. The van der Waals surface area contributed by atoms with Gasteiger partial charge in [0.2, 0.25) is 0 Å². The van der Waals surface area contributed by atoms with Crippen LogP contribution in [0.3, 0.4) is 0 Å². The van der Waals surface area contributed by atoms with Crippen LogP contribution in [0.15, 0.2) is 0 Å². The smallest absolute Gasteiger partial charge is 0.337 e. The third-order valence-corrected chi connectivity index (χ3v) is 6.46. The first-order valence-corrected chi connectivity index (χ1v) is 8.49. The van der Waals surface area contributed by atoms with E-state index in [4.69, 9.17) is 8.85 Å². The standard InChI is InChI=1S/C10H24O2SSi/c1-4-11-14(6-3,12-5-2)10-8-7-9-13/h13H,4-10H2,1-3H3. The molecule has 0 aliphatic carbocycles. The van der Waals surface area contributed by atoms with Gasteiger partial charge < -0.3 is 8.85 Å². The Bertz CT molecular complexity index is 127. The molecule has 0 saturated carbocycles. The van der Waals surface area contributed by atoms with Crippen LogP contribution in [0, 0.1) is 0 Å². The molecular formula is C10H24O2SSi. The van der Waals surface area contributed by atoms with Crippen molar-refractivity contribution < 1.29 is 8.85 Å². The van der Waals surface area contributed by atoms with E-state index >= 15 is 0 Å². The minimum Gasteiger partial charge on any atom is -0.394 e. The van der Waals surface area contributed by atoms with E-state index in [1.807, 2.05) is 0 Å². The van der Waals surface area contributed by atoms with Gasteiger partial charge in [0.25, 0.3) is 0 Å². The summed E-state index contributed by atoms with van der Waals surface area (Å²) in [4.78, 5) is 0. The van der Waals surface area contributed by atoms with Gasteiger partial charge in [0.15, 0.2) is 0 Å². The molecule has 0 fully saturated rings. The van der Waals surface area contributed by atoms with Gasteiger partial charge in [-0.25, -0.2) is 0 Å². The quantitative estimate of drug-likeness (QED) is 0.376. The molecule has 0 bridgehead atoms. The molecule has 0 N–H and O–H groups in total. The summed E-state index contributed by atoms with van der Waals surface area (Å²) in [5.41, 5.74) is 0. The van der Waals surface area contributed by atoms with E-state index in [0.29, 0.717) is 0 Å². The average Bonchev–Trinajstić information content (AvgIpc) is 2.19. The average molecular weight is 236 g/mol. The molecule has 0 amide bonds. The van der Waals surface area contributed by atoms with Gasteiger partial charge in [0.1, 0.15) is 0 Å². The van der Waals surface area contributed by atoms with Crippen molar-refractivity contribution in [3.05, 3.63) is 0 Å². The fourth-order valence-corrected chi connectivity index (χ4v) is 4.80. The molecule has 2 nitrogen and oxygen atoms in total. The van der Waals surface area contributed by atoms with E-state index in [1.54, 1.807) is 0 Å². The Balaban J connectivity index is 4.03. The molecule has 0 heterocycles. The highest BCUT2D eigenvalue weighted by Crippen LogP contribution is 2.21. The molecule has 0 aliphatic rings. The molecule has 0 aromatic carbocycles. The van der Waals surface area contributed by atoms with Gasteiger partial charge in [-0.05, 0) is 38.1 Å². The zero-order chi connectivity index (χ0) is 10.9. The lowest BCUT2D eigenvalue weighted by molar-refractivity contribution is 0.182. The summed E-state index contributed by atoms with van der Waals surface area (Å²) in [6.45, 7) is 7.84. The molecular weight excluding hydrogens is 212 g/mol. The zero-order valence-corrected chi connectivity index (χ0v) is 11.6. The lowest BCUT2D eigenvalue weighted by Crippen LogP contribution is -2.41. The van der Waals surface area contributed by atoms with Gasteiger partial charge in [-0.15, -0.1) is 0 Å². The Morgan fingerprint density at radius 2 is 1.57 bits per heavy atom. The summed E-state index contributed by atoms with van der Waals surface area (Å²) in [7, 11) is -1.84. The first-order chi connectivity index (χ1) is 6.74. The molecule has 14 heavy (non-hydrogen) atoms. The summed E-state index contributed by atoms with van der Waals surface area (Å²) < 4.78 is 11.7. The van der Waals surface area contributed by atoms with E-state index in [1.165, 1.54) is 6.42 Å². The molecule has 86 valence electrons. The predicted molar refractivity (Wildman–Crippen MR) is 67.4 cm³/mol. The lowest BCUT2D eigenvalue weighted by Gasteiger charge is -2.28. The zero-order valence-electron chi connectivity index (χ0n) is 9.71. The van der Waals surface area contributed by atoms with Crippen molar-refractivity contribution in [2.45, 2.75) is 45.7 Å². The van der Waals surface area contributed by atoms with Crippen LogP contribution in [-0.4, -0.2) is 27.5 Å². The number of rotatable bonds is 9. The number of thiol groups is 1. The molecule has 0 aliphatic heterocycles. The van der Waals surface area contributed by atoms with E-state index in [2.05, 4.69) is 33.4 Å². The molecule has 0 atom stereocenters. The molecule has 0 aromatic heterocycles. The highest BCUT2D eigenvalue weighted by atomic mass is 32.1. The van der Waals surface area contributed by atoms with E-state index in [0.717, 1.165) is 37.5 Å². The van der Waals surface area contributed by atoms with Gasteiger partial charge in [0.05, 0.1) is 0 Å². The van der Waals surface area contributed by atoms with Crippen LogP contribution >= 0.6 is 12.6 Å². The lowest BCUT2D eigenvalue weighted by atomic mass is 10.4. The predicted octanol–water partition coefficient (Wildman–Crippen LogP) is 3.23. The van der Waals surface area contributed by atoms with E-state index in [9.17, 15) is 0 Å². The highest BCUT2D eigenvalue weighted by Gasteiger charge is 2.33. The summed E-state index contributed by atoms with van der Waals surface area (Å²) in [6.07, 6.45) is 2.35. The summed E-state index contributed by atoms with van der Waals surface area (Å²) in [5.74, 6) is 0.965. The van der Waals surface area contributed by atoms with Crippen LogP contribution < -0.4 is 0 Å². The first-order valence-electron chi connectivity index (χ1n) is 5.63. The molecule has 0 rings (SSSR count). The van der Waals surface area contributed by atoms with Crippen molar-refractivity contribution in [1.82, 2.24) is 0 Å². The van der Waals surface area contributed by atoms with Gasteiger partial charge in [-0.3, -0.25) is 0 Å². The minimum absolute atomic E-state index is 0.779. The Labute approximate surface area is 95.0 Å². The Morgan fingerprint density at radius 1 is 1.00 bits per heavy atom. The SMILES string of the molecule is CCO[Si](CC)(CCCCS)OCC. The largest absolute Gasteiger partial charge is 0.394 e. The maximum Gasteiger partial charge on any atom is 0.337 e. The second-order valence-corrected chi connectivity index (χ2v) is 7.36.